The molecule has 13 heteroatoms. The van der Waals surface area contributed by atoms with Gasteiger partial charge in [0.05, 0.1) is 25.3 Å². The number of unbranched alkanes of at least 4 members (excludes halogenated alkanes) is 1. The van der Waals surface area contributed by atoms with E-state index in [4.69, 9.17) is 14.2 Å². The van der Waals surface area contributed by atoms with E-state index in [9.17, 15) is 23.1 Å². The number of hydrogen-bond donors (Lipinski definition) is 1. The van der Waals surface area contributed by atoms with Crippen LogP contribution >= 0.6 is 0 Å². The van der Waals surface area contributed by atoms with Crippen LogP contribution in [0.4, 0.5) is 0 Å². The molecular formula is C29H46N4O8S. The molecule has 1 amide bonds. The summed E-state index contributed by atoms with van der Waals surface area (Å²) < 4.78 is 43.2. The first-order valence-corrected chi connectivity index (χ1v) is 16.5. The van der Waals surface area contributed by atoms with Crippen molar-refractivity contribution in [3.8, 4) is 17.2 Å². The van der Waals surface area contributed by atoms with Gasteiger partial charge in [-0.05, 0) is 64.0 Å². The summed E-state index contributed by atoms with van der Waals surface area (Å²) in [6.45, 7) is 5.36. The van der Waals surface area contributed by atoms with E-state index in [1.165, 1.54) is 11.4 Å². The van der Waals surface area contributed by atoms with E-state index in [2.05, 4.69) is 11.8 Å². The number of fused-ring (bicyclic) bond motifs is 1. The number of methoxy groups -OCH3 is 1. The summed E-state index contributed by atoms with van der Waals surface area (Å²) in [5, 5.41) is 10.5. The van der Waals surface area contributed by atoms with Crippen LogP contribution in [-0.4, -0.2) is 130 Å². The maximum Gasteiger partial charge on any atom is 0.308 e. The third-order valence-electron chi connectivity index (χ3n) is 8.53. The highest BCUT2D eigenvalue weighted by molar-refractivity contribution is 7.89. The normalized spacial score (nSPS) is 23.5. The van der Waals surface area contributed by atoms with Crippen LogP contribution in [0, 0.1) is 5.92 Å². The number of sulfonamides is 1. The van der Waals surface area contributed by atoms with Gasteiger partial charge in [-0.2, -0.15) is 0 Å². The topological polar surface area (TPSA) is 129 Å². The first-order valence-electron chi connectivity index (χ1n) is 14.9. The SMILES string of the molecule is CCCCN(CCCN(C)C)C(=O)CN1C[C@H](c2cc(OC)c3c(c2)OCO3)C(C(=O)O)[C@@H]1CCN1CCCS1(=O)=O. The zero-order valence-corrected chi connectivity index (χ0v) is 26.1. The van der Waals surface area contributed by atoms with E-state index in [0.717, 1.165) is 31.4 Å². The zero-order chi connectivity index (χ0) is 30.4. The van der Waals surface area contributed by atoms with Gasteiger partial charge >= 0.3 is 5.97 Å². The van der Waals surface area contributed by atoms with Crippen LogP contribution in [0.25, 0.3) is 0 Å². The number of carboxylic acid groups (broad SMARTS) is 1. The number of carboxylic acids is 1. The van der Waals surface area contributed by atoms with Crippen molar-refractivity contribution in [3.05, 3.63) is 17.7 Å². The van der Waals surface area contributed by atoms with Crippen molar-refractivity contribution in [2.75, 3.05) is 79.6 Å². The monoisotopic (exact) mass is 610 g/mol. The van der Waals surface area contributed by atoms with Gasteiger partial charge < -0.3 is 29.1 Å². The van der Waals surface area contributed by atoms with Gasteiger partial charge in [-0.3, -0.25) is 14.5 Å². The van der Waals surface area contributed by atoms with Crippen LogP contribution in [0.5, 0.6) is 17.2 Å². The minimum absolute atomic E-state index is 0.0333. The first-order chi connectivity index (χ1) is 20.1. The molecule has 0 radical (unpaired) electrons. The molecule has 3 heterocycles. The number of benzene rings is 1. The molecule has 1 aromatic carbocycles. The summed E-state index contributed by atoms with van der Waals surface area (Å²) in [7, 11) is 2.20. The van der Waals surface area contributed by atoms with E-state index in [-0.39, 0.29) is 31.5 Å². The lowest BCUT2D eigenvalue weighted by atomic mass is 9.84. The van der Waals surface area contributed by atoms with E-state index in [0.29, 0.717) is 56.3 Å². The molecule has 236 valence electrons. The standard InChI is InChI=1S/C29H46N4O8S/c1-5-6-11-31(12-7-10-30(2)3)26(34)19-32-18-22(21-16-24(39-4)28-25(17-21)40-20-41-28)27(29(35)36)23(32)9-14-33-13-8-15-42(33,37)38/h16-17,22-23,27H,5-15,18-20H2,1-4H3,(H,35,36)/t22-,23+,27?/m1/s1. The van der Waals surface area contributed by atoms with Crippen LogP contribution < -0.4 is 14.2 Å². The summed E-state index contributed by atoms with van der Waals surface area (Å²) in [4.78, 5) is 32.5. The molecule has 1 aromatic rings. The fourth-order valence-electron chi connectivity index (χ4n) is 6.33. The Morgan fingerprint density at radius 2 is 1.90 bits per heavy atom. The predicted octanol–water partition coefficient (Wildman–Crippen LogP) is 1.90. The molecule has 0 spiro atoms. The summed E-state index contributed by atoms with van der Waals surface area (Å²) in [5.41, 5.74) is 0.728. The van der Waals surface area contributed by atoms with Crippen LogP contribution in [0.3, 0.4) is 0 Å². The molecule has 0 aromatic heterocycles. The molecule has 0 saturated carbocycles. The van der Waals surface area contributed by atoms with Gasteiger partial charge in [0.15, 0.2) is 11.5 Å². The van der Waals surface area contributed by atoms with Crippen molar-refractivity contribution in [2.24, 2.45) is 5.92 Å². The highest BCUT2D eigenvalue weighted by Crippen LogP contribution is 2.47. The maximum absolute atomic E-state index is 13.7. The lowest BCUT2D eigenvalue weighted by Crippen LogP contribution is -2.46. The fraction of sp³-hybridized carbons (Fsp3) is 0.724. The Balaban J connectivity index is 1.61. The van der Waals surface area contributed by atoms with Crippen LogP contribution in [0.15, 0.2) is 12.1 Å². The molecule has 4 rings (SSSR count). The second kappa shape index (κ2) is 14.2. The number of amides is 1. The third kappa shape index (κ3) is 7.47. The third-order valence-corrected chi connectivity index (χ3v) is 10.5. The molecule has 0 bridgehead atoms. The molecule has 3 atom stereocenters. The highest BCUT2D eigenvalue weighted by Gasteiger charge is 2.48. The van der Waals surface area contributed by atoms with E-state index < -0.39 is 33.9 Å². The van der Waals surface area contributed by atoms with Gasteiger partial charge in [0.25, 0.3) is 0 Å². The van der Waals surface area contributed by atoms with E-state index in [1.54, 1.807) is 12.1 Å². The van der Waals surface area contributed by atoms with Crippen molar-refractivity contribution in [3.63, 3.8) is 0 Å². The van der Waals surface area contributed by atoms with Gasteiger partial charge in [0.2, 0.25) is 28.5 Å². The predicted molar refractivity (Wildman–Crippen MR) is 158 cm³/mol. The Labute approximate surface area is 249 Å². The molecule has 2 saturated heterocycles. The van der Waals surface area contributed by atoms with E-state index >= 15 is 0 Å². The molecule has 12 nitrogen and oxygen atoms in total. The average molecular weight is 611 g/mol. The average Bonchev–Trinajstić information content (AvgIpc) is 3.64. The maximum atomic E-state index is 13.7. The summed E-state index contributed by atoms with van der Waals surface area (Å²) >= 11 is 0. The number of aliphatic carboxylic acids is 1. The van der Waals surface area contributed by atoms with Crippen molar-refractivity contribution >= 4 is 21.9 Å². The number of rotatable bonds is 15. The van der Waals surface area contributed by atoms with Gasteiger partial charge in [-0.25, -0.2) is 12.7 Å². The molecule has 2 fully saturated rings. The van der Waals surface area contributed by atoms with Gasteiger partial charge in [0, 0.05) is 44.7 Å². The first kappa shape index (κ1) is 32.3. The van der Waals surface area contributed by atoms with Crippen LogP contribution in [-0.2, 0) is 19.6 Å². The van der Waals surface area contributed by atoms with Gasteiger partial charge in [-0.1, -0.05) is 13.3 Å². The summed E-state index contributed by atoms with van der Waals surface area (Å²) in [5.74, 6) is -0.773. The van der Waals surface area contributed by atoms with Crippen molar-refractivity contribution in [2.45, 2.75) is 51.0 Å². The second-order valence-corrected chi connectivity index (χ2v) is 13.8. The largest absolute Gasteiger partial charge is 0.493 e. The molecule has 1 unspecified atom stereocenters. The van der Waals surface area contributed by atoms with Crippen molar-refractivity contribution in [1.82, 2.24) is 19.0 Å². The molecule has 1 N–H and O–H groups in total. The molecular weight excluding hydrogens is 564 g/mol. The Morgan fingerprint density at radius 3 is 2.55 bits per heavy atom. The number of ether oxygens (including phenoxy) is 3. The second-order valence-electron chi connectivity index (χ2n) is 11.7. The highest BCUT2D eigenvalue weighted by atomic mass is 32.2. The minimum atomic E-state index is -3.34. The van der Waals surface area contributed by atoms with Crippen LogP contribution in [0.1, 0.15) is 50.5 Å². The number of carbonyl (C=O) groups is 2. The summed E-state index contributed by atoms with van der Waals surface area (Å²) in [6.07, 6.45) is 3.58. The van der Waals surface area contributed by atoms with E-state index in [1.807, 2.05) is 23.9 Å². The molecule has 3 aliphatic rings. The van der Waals surface area contributed by atoms with Crippen molar-refractivity contribution in [1.29, 1.82) is 0 Å². The van der Waals surface area contributed by atoms with Gasteiger partial charge in [-0.15, -0.1) is 0 Å². The Hall–Kier alpha value is -2.61. The Bertz CT molecular complexity index is 1210. The summed E-state index contributed by atoms with van der Waals surface area (Å²) in [6, 6.07) is 3.06. The van der Waals surface area contributed by atoms with Gasteiger partial charge in [0.1, 0.15) is 0 Å². The number of likely N-dealkylation sites (tertiary alicyclic amines) is 1. The fourth-order valence-corrected chi connectivity index (χ4v) is 7.88. The Morgan fingerprint density at radius 1 is 1.14 bits per heavy atom. The number of nitrogens with zero attached hydrogens (tertiary/aromatic N) is 4. The quantitative estimate of drug-likeness (QED) is 0.314. The van der Waals surface area contributed by atoms with Crippen molar-refractivity contribution < 1.29 is 37.3 Å². The molecule has 3 aliphatic heterocycles. The Kier molecular flexibility index (Phi) is 11.0. The lowest BCUT2D eigenvalue weighted by molar-refractivity contribution is -0.143. The number of hydrogen-bond acceptors (Lipinski definition) is 9. The van der Waals surface area contributed by atoms with Crippen LogP contribution in [0.2, 0.25) is 0 Å². The molecule has 42 heavy (non-hydrogen) atoms. The zero-order valence-electron chi connectivity index (χ0n) is 25.3. The lowest BCUT2D eigenvalue weighted by Gasteiger charge is -2.30. The minimum Gasteiger partial charge on any atom is -0.493 e. The molecule has 0 aliphatic carbocycles. The smallest absolute Gasteiger partial charge is 0.308 e. The number of carbonyl (C=O) groups excluding carboxylic acids is 1.